The molecule has 0 aliphatic carbocycles. The van der Waals surface area contributed by atoms with E-state index >= 15 is 0 Å². The average Bonchev–Trinajstić information content (AvgIpc) is 2.15. The summed E-state index contributed by atoms with van der Waals surface area (Å²) in [5.41, 5.74) is 0.171. The monoisotopic (exact) mass is 181 g/mol. The second-order valence-electron chi connectivity index (χ2n) is 2.32. The molecular formula is C7H7N3O3. The molecule has 0 atom stereocenters. The van der Waals surface area contributed by atoms with Crippen LogP contribution in [0.25, 0.3) is 0 Å². The van der Waals surface area contributed by atoms with E-state index < -0.39 is 4.92 Å². The van der Waals surface area contributed by atoms with Gasteiger partial charge in [0.1, 0.15) is 5.69 Å². The molecule has 0 amide bonds. The maximum Gasteiger partial charge on any atom is 0.211 e. The second-order valence-corrected chi connectivity index (χ2v) is 2.32. The van der Waals surface area contributed by atoms with Crippen LogP contribution < -0.4 is 0 Å². The summed E-state index contributed by atoms with van der Waals surface area (Å²) in [4.78, 5) is 28.0. The number of nitrogens with zero attached hydrogens (tertiary/aromatic N) is 3. The number of hydrogen-bond donors (Lipinski definition) is 0. The highest BCUT2D eigenvalue weighted by Gasteiger charge is 2.10. The van der Waals surface area contributed by atoms with Gasteiger partial charge in [0.2, 0.25) is 6.54 Å². The van der Waals surface area contributed by atoms with Crippen LogP contribution in [0.4, 0.5) is 0 Å². The normalized spacial score (nSPS) is 9.54. The van der Waals surface area contributed by atoms with E-state index in [1.54, 1.807) is 0 Å². The smallest absolute Gasteiger partial charge is 0.211 e. The van der Waals surface area contributed by atoms with Crippen LogP contribution >= 0.6 is 0 Å². The van der Waals surface area contributed by atoms with Crippen molar-refractivity contribution in [2.75, 3.05) is 6.54 Å². The molecule has 0 aromatic carbocycles. The molecule has 6 nitrogen and oxygen atoms in total. The summed E-state index contributed by atoms with van der Waals surface area (Å²) in [6.45, 7) is -0.366. The quantitative estimate of drug-likeness (QED) is 0.379. The molecule has 1 aromatic rings. The molecule has 6 heteroatoms. The van der Waals surface area contributed by atoms with Crippen molar-refractivity contribution in [3.8, 4) is 0 Å². The van der Waals surface area contributed by atoms with Gasteiger partial charge in [0.25, 0.3) is 0 Å². The van der Waals surface area contributed by atoms with Gasteiger partial charge in [-0.05, 0) is 0 Å². The molecule has 1 aromatic heterocycles. The van der Waals surface area contributed by atoms with Gasteiger partial charge in [0.05, 0.1) is 12.6 Å². The standard InChI is InChI=1S/C7H7N3O3/c11-7(1-4-10(12)13)6-5-8-2-3-9-6/h2-3,5H,1,4H2. The highest BCUT2D eigenvalue weighted by molar-refractivity contribution is 5.93. The fourth-order valence-electron chi connectivity index (χ4n) is 0.764. The van der Waals surface area contributed by atoms with Gasteiger partial charge >= 0.3 is 0 Å². The van der Waals surface area contributed by atoms with Crippen molar-refractivity contribution in [1.82, 2.24) is 9.97 Å². The molecule has 0 N–H and O–H groups in total. The molecule has 68 valence electrons. The lowest BCUT2D eigenvalue weighted by atomic mass is 10.2. The highest BCUT2D eigenvalue weighted by Crippen LogP contribution is 1.96. The van der Waals surface area contributed by atoms with Gasteiger partial charge < -0.3 is 0 Å². The molecule has 13 heavy (non-hydrogen) atoms. The average molecular weight is 181 g/mol. The van der Waals surface area contributed by atoms with Crippen LogP contribution in [-0.4, -0.2) is 27.2 Å². The van der Waals surface area contributed by atoms with E-state index in [0.717, 1.165) is 0 Å². The Hall–Kier alpha value is -1.85. The molecule has 0 aliphatic rings. The number of ketones is 1. The lowest BCUT2D eigenvalue weighted by molar-refractivity contribution is -0.478. The number of carbonyl (C=O) groups is 1. The Kier molecular flexibility index (Phi) is 3.02. The Morgan fingerprint density at radius 2 is 2.31 bits per heavy atom. The van der Waals surface area contributed by atoms with Crippen molar-refractivity contribution >= 4 is 5.78 Å². The zero-order valence-corrected chi connectivity index (χ0v) is 6.71. The van der Waals surface area contributed by atoms with Gasteiger partial charge in [-0.1, -0.05) is 0 Å². The number of nitro groups is 1. The Morgan fingerprint density at radius 3 is 2.85 bits per heavy atom. The zero-order chi connectivity index (χ0) is 9.68. The van der Waals surface area contributed by atoms with Gasteiger partial charge in [-0.3, -0.25) is 19.9 Å². The first-order chi connectivity index (χ1) is 6.20. The van der Waals surface area contributed by atoms with E-state index in [2.05, 4.69) is 9.97 Å². The fourth-order valence-corrected chi connectivity index (χ4v) is 0.764. The zero-order valence-electron chi connectivity index (χ0n) is 6.71. The summed E-state index contributed by atoms with van der Waals surface area (Å²) in [6.07, 6.45) is 3.97. The number of Topliss-reactive ketones (excluding diaryl/α,β-unsaturated/α-hetero) is 1. The van der Waals surface area contributed by atoms with Gasteiger partial charge in [0.15, 0.2) is 5.78 Å². The molecular weight excluding hydrogens is 174 g/mol. The summed E-state index contributed by atoms with van der Waals surface area (Å²) in [5, 5.41) is 9.95. The van der Waals surface area contributed by atoms with E-state index in [-0.39, 0.29) is 24.4 Å². The molecule has 0 unspecified atom stereocenters. The number of rotatable bonds is 4. The van der Waals surface area contributed by atoms with E-state index in [1.165, 1.54) is 18.6 Å². The molecule has 0 radical (unpaired) electrons. The van der Waals surface area contributed by atoms with Gasteiger partial charge in [0, 0.05) is 17.3 Å². The highest BCUT2D eigenvalue weighted by atomic mass is 16.6. The first kappa shape index (κ1) is 9.24. The topological polar surface area (TPSA) is 86.0 Å². The third-order valence-electron chi connectivity index (χ3n) is 1.37. The van der Waals surface area contributed by atoms with Crippen molar-refractivity contribution in [3.05, 3.63) is 34.4 Å². The SMILES string of the molecule is O=C(CC[N+](=O)[O-])c1cnccn1. The van der Waals surface area contributed by atoms with E-state index in [0.29, 0.717) is 0 Å². The fraction of sp³-hybridized carbons (Fsp3) is 0.286. The summed E-state index contributed by atoms with van der Waals surface area (Å²) in [7, 11) is 0. The molecule has 0 fully saturated rings. The third kappa shape index (κ3) is 2.94. The third-order valence-corrected chi connectivity index (χ3v) is 1.37. The largest absolute Gasteiger partial charge is 0.292 e. The van der Waals surface area contributed by atoms with Crippen molar-refractivity contribution in [2.45, 2.75) is 6.42 Å². The lowest BCUT2D eigenvalue weighted by Gasteiger charge is -1.94. The van der Waals surface area contributed by atoms with Gasteiger partial charge in [-0.2, -0.15) is 0 Å². The molecule has 1 heterocycles. The van der Waals surface area contributed by atoms with E-state index in [9.17, 15) is 14.9 Å². The second kappa shape index (κ2) is 4.24. The van der Waals surface area contributed by atoms with Crippen LogP contribution in [0.5, 0.6) is 0 Å². The Balaban J connectivity index is 2.54. The predicted octanol–water partition coefficient (Wildman–Crippen LogP) is 0.326. The van der Waals surface area contributed by atoms with Crippen molar-refractivity contribution < 1.29 is 9.72 Å². The summed E-state index contributed by atoms with van der Waals surface area (Å²) in [5.74, 6) is -0.357. The maximum atomic E-state index is 11.1. The number of aromatic nitrogens is 2. The minimum atomic E-state index is -0.533. The summed E-state index contributed by atoms with van der Waals surface area (Å²) < 4.78 is 0. The van der Waals surface area contributed by atoms with Crippen LogP contribution in [0, 0.1) is 10.1 Å². The van der Waals surface area contributed by atoms with Crippen LogP contribution in [0.2, 0.25) is 0 Å². The maximum absolute atomic E-state index is 11.1. The molecule has 0 spiro atoms. The van der Waals surface area contributed by atoms with Gasteiger partial charge in [-0.25, -0.2) is 4.98 Å². The molecule has 1 rings (SSSR count). The minimum Gasteiger partial charge on any atom is -0.292 e. The lowest BCUT2D eigenvalue weighted by Crippen LogP contribution is -2.09. The molecule has 0 saturated heterocycles. The predicted molar refractivity (Wildman–Crippen MR) is 42.8 cm³/mol. The number of carbonyl (C=O) groups excluding carboxylic acids is 1. The summed E-state index contributed by atoms with van der Waals surface area (Å²) >= 11 is 0. The molecule has 0 aliphatic heterocycles. The first-order valence-electron chi connectivity index (χ1n) is 3.61. The van der Waals surface area contributed by atoms with E-state index in [4.69, 9.17) is 0 Å². The molecule has 0 bridgehead atoms. The minimum absolute atomic E-state index is 0.133. The van der Waals surface area contributed by atoms with Crippen LogP contribution in [-0.2, 0) is 0 Å². The van der Waals surface area contributed by atoms with Crippen molar-refractivity contribution in [1.29, 1.82) is 0 Å². The molecule has 0 saturated carbocycles. The Bertz CT molecular complexity index is 312. The van der Waals surface area contributed by atoms with Crippen LogP contribution in [0.1, 0.15) is 16.9 Å². The van der Waals surface area contributed by atoms with Crippen molar-refractivity contribution in [2.24, 2.45) is 0 Å². The van der Waals surface area contributed by atoms with Crippen molar-refractivity contribution in [3.63, 3.8) is 0 Å². The van der Waals surface area contributed by atoms with Gasteiger partial charge in [-0.15, -0.1) is 0 Å². The van der Waals surface area contributed by atoms with E-state index in [1.807, 2.05) is 0 Å². The summed E-state index contributed by atoms with van der Waals surface area (Å²) in [6, 6.07) is 0. The first-order valence-corrected chi connectivity index (χ1v) is 3.61. The Morgan fingerprint density at radius 1 is 1.54 bits per heavy atom. The van der Waals surface area contributed by atoms with Crippen LogP contribution in [0.15, 0.2) is 18.6 Å². The number of hydrogen-bond acceptors (Lipinski definition) is 5. The van der Waals surface area contributed by atoms with Crippen LogP contribution in [0.3, 0.4) is 0 Å². The Labute approximate surface area is 73.8 Å².